The van der Waals surface area contributed by atoms with E-state index in [4.69, 9.17) is 14.5 Å². The molecule has 4 rings (SSSR count). The number of ether oxygens (including phenoxy) is 1. The fraction of sp³-hybridized carbons (Fsp3) is 0.171. The predicted octanol–water partition coefficient (Wildman–Crippen LogP) is 5.22. The van der Waals surface area contributed by atoms with Crippen LogP contribution in [0.2, 0.25) is 0 Å². The summed E-state index contributed by atoms with van der Waals surface area (Å²) in [5.74, 6) is -5.28. The number of carboxylic acid groups (broad SMARTS) is 4. The van der Waals surface area contributed by atoms with Crippen molar-refractivity contribution in [1.82, 2.24) is 5.48 Å². The van der Waals surface area contributed by atoms with Gasteiger partial charge in [-0.1, -0.05) is 26.0 Å². The zero-order valence-electron chi connectivity index (χ0n) is 26.6. The van der Waals surface area contributed by atoms with Crippen LogP contribution < -0.4 is 20.4 Å². The molecule has 1 atom stereocenters. The number of hydrogen-bond acceptors (Lipinski definition) is 10. The molecule has 0 spiro atoms. The molecule has 0 aromatic heterocycles. The van der Waals surface area contributed by atoms with Crippen LogP contribution in [0.5, 0.6) is 11.5 Å². The molecular weight excluding hydrogens is 656 g/mol. The average Bonchev–Trinajstić information content (AvgIpc) is 3.08. The lowest BCUT2D eigenvalue weighted by molar-refractivity contribution is -0.228. The molecule has 0 aliphatic rings. The molecule has 1 amide bonds. The lowest BCUT2D eigenvalue weighted by atomic mass is 9.93. The number of carbonyl (C=O) groups excluding carboxylic acids is 1. The molecule has 0 aliphatic carbocycles. The lowest BCUT2D eigenvalue weighted by Crippen LogP contribution is -2.28. The zero-order valence-corrected chi connectivity index (χ0v) is 26.6. The minimum absolute atomic E-state index is 0.0450. The van der Waals surface area contributed by atoms with E-state index in [1.807, 2.05) is 19.3 Å². The van der Waals surface area contributed by atoms with Crippen LogP contribution in [0.4, 0.5) is 5.69 Å². The molecular formula is C35H32N2O13. The Hall–Kier alpha value is -6.29. The third kappa shape index (κ3) is 9.19. The molecule has 4 aromatic rings. The molecule has 0 radical (unpaired) electrons. The number of carbonyl (C=O) groups is 5. The van der Waals surface area contributed by atoms with Gasteiger partial charge in [0.05, 0.1) is 40.5 Å². The molecule has 15 heteroatoms. The molecule has 15 nitrogen and oxygen atoms in total. The molecule has 0 saturated carbocycles. The van der Waals surface area contributed by atoms with Gasteiger partial charge in [0.2, 0.25) is 0 Å². The monoisotopic (exact) mass is 688 g/mol. The second kappa shape index (κ2) is 15.7. The second-order valence-electron chi connectivity index (χ2n) is 11.7. The molecule has 0 aliphatic heterocycles. The summed E-state index contributed by atoms with van der Waals surface area (Å²) in [5, 5.41) is 49.9. The smallest absolute Gasteiger partial charge is 0.336 e. The number of hydroxylamine groups is 1. The average molecular weight is 689 g/mol. The predicted molar refractivity (Wildman–Crippen MR) is 174 cm³/mol. The third-order valence-corrected chi connectivity index (χ3v) is 7.27. The maximum absolute atomic E-state index is 12.8. The number of aromatic carboxylic acids is 4. The topological polar surface area (TPSA) is 238 Å². The van der Waals surface area contributed by atoms with Gasteiger partial charge in [-0.05, 0) is 83.9 Å². The van der Waals surface area contributed by atoms with E-state index in [9.17, 15) is 49.6 Å². The molecule has 0 fully saturated rings. The first-order valence-corrected chi connectivity index (χ1v) is 14.7. The molecule has 0 saturated heterocycles. The zero-order chi connectivity index (χ0) is 36.6. The standard InChI is InChI=1S/C35H32N2O13/c1-35(2,17-48-23-11-7-22(8-12-23)36-30(38)28-16-21(32(41)42)6-14-26(28)34(45)46)18-49-50-24-9-3-19(4-10-24)29(37-47)27-15-20(31(39)40)5-13-25(27)33(43)44/h3-16,29,37,47H,17-18H2,1-2H3,(H,36,38)(H,39,40)(H,41,42)(H,43,44)(H,45,46). The van der Waals surface area contributed by atoms with Crippen LogP contribution in [-0.2, 0) is 4.89 Å². The van der Waals surface area contributed by atoms with E-state index in [1.165, 1.54) is 30.3 Å². The summed E-state index contributed by atoms with van der Waals surface area (Å²) < 4.78 is 5.86. The van der Waals surface area contributed by atoms with Crippen LogP contribution in [-0.4, -0.2) is 68.6 Å². The lowest BCUT2D eigenvalue weighted by Gasteiger charge is -2.24. The highest BCUT2D eigenvalue weighted by Crippen LogP contribution is 2.29. The molecule has 0 heterocycles. The van der Waals surface area contributed by atoms with Gasteiger partial charge >= 0.3 is 23.9 Å². The Balaban J connectivity index is 1.31. The first-order chi connectivity index (χ1) is 23.7. The van der Waals surface area contributed by atoms with E-state index in [-0.39, 0.29) is 46.6 Å². The summed E-state index contributed by atoms with van der Waals surface area (Å²) in [5.41, 5.74) is 1.05. The minimum atomic E-state index is -1.38. The molecule has 7 N–H and O–H groups in total. The van der Waals surface area contributed by atoms with Crippen LogP contribution in [0.1, 0.15) is 82.8 Å². The number of benzene rings is 4. The van der Waals surface area contributed by atoms with E-state index >= 15 is 0 Å². The Kier molecular flexibility index (Phi) is 11.5. The van der Waals surface area contributed by atoms with Crippen molar-refractivity contribution in [2.45, 2.75) is 19.9 Å². The number of hydrogen-bond donors (Lipinski definition) is 7. The Morgan fingerprint density at radius 3 is 1.78 bits per heavy atom. The summed E-state index contributed by atoms with van der Waals surface area (Å²) in [4.78, 5) is 69.6. The van der Waals surface area contributed by atoms with Gasteiger partial charge in [-0.15, -0.1) is 0 Å². The summed E-state index contributed by atoms with van der Waals surface area (Å²) in [6, 6.07) is 18.0. The molecule has 0 bridgehead atoms. The van der Waals surface area contributed by atoms with E-state index in [0.29, 0.717) is 22.7 Å². The maximum Gasteiger partial charge on any atom is 0.336 e. The van der Waals surface area contributed by atoms with E-state index in [0.717, 1.165) is 30.3 Å². The van der Waals surface area contributed by atoms with Crippen LogP contribution in [0.3, 0.4) is 0 Å². The van der Waals surface area contributed by atoms with Crippen molar-refractivity contribution in [2.75, 3.05) is 18.5 Å². The van der Waals surface area contributed by atoms with Gasteiger partial charge in [0, 0.05) is 11.1 Å². The Bertz CT molecular complexity index is 1910. The van der Waals surface area contributed by atoms with Gasteiger partial charge < -0.3 is 40.6 Å². The number of amides is 1. The highest BCUT2D eigenvalue weighted by Gasteiger charge is 2.24. The largest absolute Gasteiger partial charge is 0.493 e. The van der Waals surface area contributed by atoms with E-state index in [2.05, 4.69) is 5.32 Å². The highest BCUT2D eigenvalue weighted by molar-refractivity contribution is 6.11. The minimum Gasteiger partial charge on any atom is -0.493 e. The van der Waals surface area contributed by atoms with Crippen molar-refractivity contribution >= 4 is 35.5 Å². The SMILES string of the molecule is CC(C)(COOc1ccc(C(NO)c2cc(C(=O)O)ccc2C(=O)O)cc1)COc1ccc(NC(=O)c2cc(C(=O)O)ccc2C(=O)O)cc1. The molecule has 260 valence electrons. The first-order valence-electron chi connectivity index (χ1n) is 14.7. The van der Waals surface area contributed by atoms with Crippen molar-refractivity contribution < 1.29 is 64.1 Å². The van der Waals surface area contributed by atoms with Gasteiger partial charge in [-0.2, -0.15) is 10.4 Å². The van der Waals surface area contributed by atoms with Crippen molar-refractivity contribution in [3.63, 3.8) is 0 Å². The van der Waals surface area contributed by atoms with Crippen LogP contribution in [0.25, 0.3) is 0 Å². The van der Waals surface area contributed by atoms with Crippen molar-refractivity contribution in [3.05, 3.63) is 124 Å². The number of carboxylic acids is 4. The summed E-state index contributed by atoms with van der Waals surface area (Å²) >= 11 is 0. The second-order valence-corrected chi connectivity index (χ2v) is 11.7. The first kappa shape index (κ1) is 36.5. The molecule has 1 unspecified atom stereocenters. The van der Waals surface area contributed by atoms with Crippen LogP contribution in [0, 0.1) is 5.41 Å². The van der Waals surface area contributed by atoms with Crippen molar-refractivity contribution in [1.29, 1.82) is 0 Å². The highest BCUT2D eigenvalue weighted by atomic mass is 17.2. The normalized spacial score (nSPS) is 11.7. The van der Waals surface area contributed by atoms with Crippen LogP contribution >= 0.6 is 0 Å². The van der Waals surface area contributed by atoms with Gasteiger partial charge in [-0.25, -0.2) is 19.2 Å². The van der Waals surface area contributed by atoms with Crippen molar-refractivity contribution in [2.24, 2.45) is 5.41 Å². The van der Waals surface area contributed by atoms with E-state index < -0.39 is 41.2 Å². The Morgan fingerprint density at radius 2 is 1.22 bits per heavy atom. The van der Waals surface area contributed by atoms with Gasteiger partial charge in [-0.3, -0.25) is 4.79 Å². The Labute approximate surface area is 284 Å². The van der Waals surface area contributed by atoms with Crippen LogP contribution in [0.15, 0.2) is 84.9 Å². The molecule has 4 aromatic carbocycles. The van der Waals surface area contributed by atoms with Gasteiger partial charge in [0.25, 0.3) is 5.91 Å². The summed E-state index contributed by atoms with van der Waals surface area (Å²) in [6.07, 6.45) is 0. The maximum atomic E-state index is 12.8. The number of rotatable bonds is 16. The fourth-order valence-electron chi connectivity index (χ4n) is 4.63. The third-order valence-electron chi connectivity index (χ3n) is 7.27. The Morgan fingerprint density at radius 1 is 0.660 bits per heavy atom. The summed E-state index contributed by atoms with van der Waals surface area (Å²) in [6.45, 7) is 4.01. The quantitative estimate of drug-likeness (QED) is 0.0591. The fourth-order valence-corrected chi connectivity index (χ4v) is 4.63. The molecule has 50 heavy (non-hydrogen) atoms. The van der Waals surface area contributed by atoms with Gasteiger partial charge in [0.1, 0.15) is 12.4 Å². The van der Waals surface area contributed by atoms with Gasteiger partial charge in [0.15, 0.2) is 5.75 Å². The van der Waals surface area contributed by atoms with E-state index in [1.54, 1.807) is 24.3 Å². The number of nitrogens with one attached hydrogen (secondary N) is 2. The number of anilines is 1. The summed E-state index contributed by atoms with van der Waals surface area (Å²) in [7, 11) is 0. The van der Waals surface area contributed by atoms with Crippen molar-refractivity contribution in [3.8, 4) is 11.5 Å².